The largest absolute Gasteiger partial charge is 0.352 e. The van der Waals surface area contributed by atoms with E-state index < -0.39 is 10.0 Å². The van der Waals surface area contributed by atoms with Crippen LogP contribution in [0.4, 0.5) is 0 Å². The van der Waals surface area contributed by atoms with Gasteiger partial charge in [0.15, 0.2) is 0 Å². The number of rotatable bonds is 11. The highest BCUT2D eigenvalue weighted by molar-refractivity contribution is 7.99. The molecule has 0 radical (unpaired) electrons. The zero-order valence-electron chi connectivity index (χ0n) is 21.7. The van der Waals surface area contributed by atoms with Crippen molar-refractivity contribution in [2.45, 2.75) is 50.8 Å². The van der Waals surface area contributed by atoms with Gasteiger partial charge < -0.3 is 5.32 Å². The molecule has 3 aromatic rings. The van der Waals surface area contributed by atoms with E-state index in [1.807, 2.05) is 23.9 Å². The summed E-state index contributed by atoms with van der Waals surface area (Å²) in [5.74, 6) is 2.44. The highest BCUT2D eigenvalue weighted by Crippen LogP contribution is 2.29. The van der Waals surface area contributed by atoms with E-state index in [0.717, 1.165) is 36.3 Å². The first-order valence-electron chi connectivity index (χ1n) is 13.1. The summed E-state index contributed by atoms with van der Waals surface area (Å²) in [5, 5.41) is 3.58. The second-order valence-electron chi connectivity index (χ2n) is 9.63. The van der Waals surface area contributed by atoms with Crippen LogP contribution in [-0.4, -0.2) is 59.7 Å². The average molecular weight is 541 g/mol. The lowest BCUT2D eigenvalue weighted by atomic mass is 10.0. The Morgan fingerprint density at radius 1 is 1.08 bits per heavy atom. The molecule has 0 bridgehead atoms. The molecule has 198 valence electrons. The molecule has 1 amide bonds. The van der Waals surface area contributed by atoms with Crippen LogP contribution in [0.5, 0.6) is 0 Å². The zero-order valence-corrected chi connectivity index (χ0v) is 23.3. The van der Waals surface area contributed by atoms with Crippen LogP contribution < -0.4 is 5.32 Å². The number of carbonyl (C=O) groups is 1. The molecule has 0 saturated carbocycles. The first-order chi connectivity index (χ1) is 17.9. The van der Waals surface area contributed by atoms with Gasteiger partial charge in [0.2, 0.25) is 10.0 Å². The lowest BCUT2D eigenvalue weighted by molar-refractivity contribution is 0.0955. The number of amides is 1. The third-order valence-corrected chi connectivity index (χ3v) is 9.82. The van der Waals surface area contributed by atoms with Crippen LogP contribution in [0.2, 0.25) is 0 Å². The van der Waals surface area contributed by atoms with Gasteiger partial charge in [-0.15, -0.1) is 0 Å². The van der Waals surface area contributed by atoms with Crippen molar-refractivity contribution in [1.29, 1.82) is 0 Å². The Kier molecular flexibility index (Phi) is 9.56. The zero-order chi connectivity index (χ0) is 26.3. The molecule has 0 aliphatic carbocycles. The predicted octanol–water partition coefficient (Wildman–Crippen LogP) is 5.37. The van der Waals surface area contributed by atoms with Crippen LogP contribution in [0.15, 0.2) is 53.7 Å². The molecule has 0 atom stereocenters. The second-order valence-corrected chi connectivity index (χ2v) is 12.8. The van der Waals surface area contributed by atoms with Gasteiger partial charge in [-0.05, 0) is 79.5 Å². The van der Waals surface area contributed by atoms with Crippen molar-refractivity contribution in [2.24, 2.45) is 5.92 Å². The van der Waals surface area contributed by atoms with Crippen molar-refractivity contribution >= 4 is 38.6 Å². The quantitative estimate of drug-likeness (QED) is 0.329. The summed E-state index contributed by atoms with van der Waals surface area (Å²) >= 11 is 1.91. The molecule has 0 spiro atoms. The van der Waals surface area contributed by atoms with Gasteiger partial charge in [-0.2, -0.15) is 16.1 Å². The summed E-state index contributed by atoms with van der Waals surface area (Å²) in [6.45, 7) is 5.94. The molecule has 37 heavy (non-hydrogen) atoms. The van der Waals surface area contributed by atoms with Gasteiger partial charge in [0.1, 0.15) is 0 Å². The monoisotopic (exact) mass is 540 g/mol. The van der Waals surface area contributed by atoms with Gasteiger partial charge >= 0.3 is 0 Å². The fourth-order valence-corrected chi connectivity index (χ4v) is 6.96. The summed E-state index contributed by atoms with van der Waals surface area (Å²) in [4.78, 5) is 22.4. The molecule has 3 heterocycles. The first-order valence-corrected chi connectivity index (χ1v) is 15.7. The van der Waals surface area contributed by atoms with Gasteiger partial charge in [0, 0.05) is 43.0 Å². The van der Waals surface area contributed by atoms with Gasteiger partial charge in [-0.1, -0.05) is 20.3 Å². The third-order valence-electron chi connectivity index (χ3n) is 6.77. The molecule has 9 heteroatoms. The standard InChI is InChI=1S/C28H36N4O3S2/c1-3-4-17-36-18-5-12-30-28(33)25-20-27(22-8-13-29-14-9-22)31-26-7-6-23(19-24(25)26)37(34,35)32-15-10-21(2)11-16-32/h6-9,13-14,19-21H,3-5,10-12,15-18H2,1-2H3,(H,30,33). The van der Waals surface area contributed by atoms with Crippen LogP contribution in [0.25, 0.3) is 22.2 Å². The van der Waals surface area contributed by atoms with Crippen molar-refractivity contribution in [1.82, 2.24) is 19.6 Å². The van der Waals surface area contributed by atoms with E-state index >= 15 is 0 Å². The predicted molar refractivity (Wildman–Crippen MR) is 151 cm³/mol. The topological polar surface area (TPSA) is 92.3 Å². The molecule has 7 nitrogen and oxygen atoms in total. The number of hydrogen-bond acceptors (Lipinski definition) is 6. The van der Waals surface area contributed by atoms with E-state index in [-0.39, 0.29) is 10.8 Å². The van der Waals surface area contributed by atoms with Crippen molar-refractivity contribution in [2.75, 3.05) is 31.1 Å². The number of unbranched alkanes of at least 4 members (excludes halogenated alkanes) is 1. The summed E-state index contributed by atoms with van der Waals surface area (Å²) in [7, 11) is -3.65. The fourth-order valence-electron chi connectivity index (χ4n) is 4.42. The van der Waals surface area contributed by atoms with Gasteiger partial charge in [-0.3, -0.25) is 9.78 Å². The van der Waals surface area contributed by atoms with Crippen molar-refractivity contribution in [3.05, 3.63) is 54.4 Å². The Morgan fingerprint density at radius 2 is 1.81 bits per heavy atom. The normalized spacial score (nSPS) is 15.2. The Morgan fingerprint density at radius 3 is 2.54 bits per heavy atom. The lowest BCUT2D eigenvalue weighted by Gasteiger charge is -2.29. The SMILES string of the molecule is CCCCSCCCNC(=O)c1cc(-c2ccncc2)nc2ccc(S(=O)(=O)N3CCC(C)CC3)cc12. The molecule has 1 fully saturated rings. The number of sulfonamides is 1. The number of carbonyl (C=O) groups excluding carboxylic acids is 1. The Hall–Kier alpha value is -2.49. The molecule has 4 rings (SSSR count). The number of piperidine rings is 1. The molecule has 1 aliphatic rings. The number of nitrogens with one attached hydrogen (secondary N) is 1. The smallest absolute Gasteiger partial charge is 0.252 e. The number of aromatic nitrogens is 2. The number of pyridine rings is 2. The van der Waals surface area contributed by atoms with Crippen LogP contribution in [-0.2, 0) is 10.0 Å². The van der Waals surface area contributed by atoms with Crippen molar-refractivity contribution in [3.63, 3.8) is 0 Å². The fraction of sp³-hybridized carbons (Fsp3) is 0.464. The minimum absolute atomic E-state index is 0.203. The van der Waals surface area contributed by atoms with E-state index in [0.29, 0.717) is 47.7 Å². The Balaban J connectivity index is 1.63. The highest BCUT2D eigenvalue weighted by Gasteiger charge is 2.28. The van der Waals surface area contributed by atoms with Crippen LogP contribution in [0, 0.1) is 5.92 Å². The van der Waals surface area contributed by atoms with E-state index in [4.69, 9.17) is 4.98 Å². The van der Waals surface area contributed by atoms with Crippen molar-refractivity contribution < 1.29 is 13.2 Å². The van der Waals surface area contributed by atoms with E-state index in [1.165, 1.54) is 12.8 Å². The molecule has 2 aromatic heterocycles. The molecule has 1 N–H and O–H groups in total. The van der Waals surface area contributed by atoms with E-state index in [2.05, 4.69) is 24.1 Å². The van der Waals surface area contributed by atoms with Crippen LogP contribution in [0.1, 0.15) is 56.3 Å². The van der Waals surface area contributed by atoms with Crippen LogP contribution in [0.3, 0.4) is 0 Å². The minimum Gasteiger partial charge on any atom is -0.352 e. The summed E-state index contributed by atoms with van der Waals surface area (Å²) in [6.07, 6.45) is 8.36. The van der Waals surface area contributed by atoms with Gasteiger partial charge in [0.25, 0.3) is 5.91 Å². The average Bonchev–Trinajstić information content (AvgIpc) is 2.92. The number of fused-ring (bicyclic) bond motifs is 1. The number of thioether (sulfide) groups is 1. The number of benzene rings is 1. The minimum atomic E-state index is -3.65. The maximum Gasteiger partial charge on any atom is 0.252 e. The lowest BCUT2D eigenvalue weighted by Crippen LogP contribution is -2.37. The molecule has 0 unspecified atom stereocenters. The van der Waals surface area contributed by atoms with E-state index in [1.54, 1.807) is 41.0 Å². The van der Waals surface area contributed by atoms with Gasteiger partial charge in [-0.25, -0.2) is 13.4 Å². The number of hydrogen-bond donors (Lipinski definition) is 1. The summed E-state index contributed by atoms with van der Waals surface area (Å²) < 4.78 is 28.4. The molecular formula is C28H36N4O3S2. The molecule has 1 aliphatic heterocycles. The van der Waals surface area contributed by atoms with Gasteiger partial charge in [0.05, 0.1) is 21.7 Å². The van der Waals surface area contributed by atoms with Crippen LogP contribution >= 0.6 is 11.8 Å². The molecule has 1 aromatic carbocycles. The third kappa shape index (κ3) is 6.89. The molecule has 1 saturated heterocycles. The maximum absolute atomic E-state index is 13.4. The number of nitrogens with zero attached hydrogens (tertiary/aromatic N) is 3. The Labute approximate surface area is 224 Å². The van der Waals surface area contributed by atoms with Crippen molar-refractivity contribution in [3.8, 4) is 11.3 Å². The highest BCUT2D eigenvalue weighted by atomic mass is 32.2. The summed E-state index contributed by atoms with van der Waals surface area (Å²) in [5.41, 5.74) is 2.51. The summed E-state index contributed by atoms with van der Waals surface area (Å²) in [6, 6.07) is 10.4. The Bertz CT molecular complexity index is 1310. The van der Waals surface area contributed by atoms with E-state index in [9.17, 15) is 13.2 Å². The first kappa shape index (κ1) is 27.5. The molecular weight excluding hydrogens is 504 g/mol. The maximum atomic E-state index is 13.4. The second kappa shape index (κ2) is 12.8.